The molecule has 0 unspecified atom stereocenters. The standard InChI is InChI=1S/C13H21N3O3/c1-7(2)8(3)14-11(17)6-5-10-9(4)15-13(19)16-12(10)18/h7-8H,5-6H2,1-4H3,(H,14,17)(H2,15,16,18,19)/t8-/m0/s1. The Balaban J connectivity index is 2.66. The third-order valence-corrected chi connectivity index (χ3v) is 3.25. The molecule has 0 bridgehead atoms. The predicted octanol–water partition coefficient (Wildman–Crippen LogP) is 0.465. The summed E-state index contributed by atoms with van der Waals surface area (Å²) < 4.78 is 0. The number of carbonyl (C=O) groups excluding carboxylic acids is 1. The van der Waals surface area contributed by atoms with Gasteiger partial charge in [-0.25, -0.2) is 4.79 Å². The number of aryl methyl sites for hydroxylation is 1. The molecule has 6 nitrogen and oxygen atoms in total. The van der Waals surface area contributed by atoms with Crippen LogP contribution < -0.4 is 16.6 Å². The Morgan fingerprint density at radius 3 is 2.37 bits per heavy atom. The van der Waals surface area contributed by atoms with Crippen molar-refractivity contribution >= 4 is 5.91 Å². The van der Waals surface area contributed by atoms with Gasteiger partial charge in [0, 0.05) is 23.7 Å². The zero-order chi connectivity index (χ0) is 14.6. The van der Waals surface area contributed by atoms with Crippen LogP contribution in [0.4, 0.5) is 0 Å². The minimum absolute atomic E-state index is 0.0915. The van der Waals surface area contributed by atoms with Crippen LogP contribution in [0.15, 0.2) is 9.59 Å². The lowest BCUT2D eigenvalue weighted by Gasteiger charge is -2.17. The minimum Gasteiger partial charge on any atom is -0.353 e. The van der Waals surface area contributed by atoms with E-state index >= 15 is 0 Å². The van der Waals surface area contributed by atoms with Crippen LogP contribution in [0.3, 0.4) is 0 Å². The van der Waals surface area contributed by atoms with Gasteiger partial charge in [0.1, 0.15) is 0 Å². The topological polar surface area (TPSA) is 94.8 Å². The van der Waals surface area contributed by atoms with E-state index < -0.39 is 11.2 Å². The number of rotatable bonds is 5. The molecule has 0 saturated heterocycles. The number of aromatic nitrogens is 2. The van der Waals surface area contributed by atoms with Crippen molar-refractivity contribution in [3.05, 3.63) is 32.1 Å². The first kappa shape index (κ1) is 15.2. The van der Waals surface area contributed by atoms with Crippen LogP contribution in [-0.2, 0) is 11.2 Å². The molecule has 6 heteroatoms. The molecule has 1 aromatic heterocycles. The molecule has 106 valence electrons. The molecule has 0 aromatic carbocycles. The van der Waals surface area contributed by atoms with Crippen molar-refractivity contribution in [1.29, 1.82) is 0 Å². The highest BCUT2D eigenvalue weighted by Crippen LogP contribution is 2.03. The van der Waals surface area contributed by atoms with Gasteiger partial charge in [0.05, 0.1) is 0 Å². The summed E-state index contributed by atoms with van der Waals surface area (Å²) in [6.07, 6.45) is 0.543. The van der Waals surface area contributed by atoms with E-state index in [1.54, 1.807) is 6.92 Å². The Labute approximate surface area is 111 Å². The Morgan fingerprint density at radius 2 is 1.84 bits per heavy atom. The maximum absolute atomic E-state index is 11.7. The van der Waals surface area contributed by atoms with E-state index in [4.69, 9.17) is 0 Å². The lowest BCUT2D eigenvalue weighted by atomic mass is 10.1. The van der Waals surface area contributed by atoms with Gasteiger partial charge in [-0.05, 0) is 26.2 Å². The van der Waals surface area contributed by atoms with E-state index in [2.05, 4.69) is 15.3 Å². The summed E-state index contributed by atoms with van der Waals surface area (Å²) in [5.74, 6) is 0.272. The van der Waals surface area contributed by atoms with Crippen molar-refractivity contribution in [3.8, 4) is 0 Å². The Hall–Kier alpha value is -1.85. The molecule has 19 heavy (non-hydrogen) atoms. The van der Waals surface area contributed by atoms with Crippen molar-refractivity contribution in [2.45, 2.75) is 46.6 Å². The lowest BCUT2D eigenvalue weighted by molar-refractivity contribution is -0.121. The Bertz CT molecular complexity index is 557. The maximum atomic E-state index is 11.7. The molecule has 0 aliphatic rings. The summed E-state index contributed by atoms with van der Waals surface area (Å²) in [5.41, 5.74) is 0.0143. The van der Waals surface area contributed by atoms with Gasteiger partial charge in [0.25, 0.3) is 5.56 Å². The average Bonchev–Trinajstić information content (AvgIpc) is 2.27. The van der Waals surface area contributed by atoms with Gasteiger partial charge in [-0.2, -0.15) is 0 Å². The fraction of sp³-hybridized carbons (Fsp3) is 0.615. The predicted molar refractivity (Wildman–Crippen MR) is 73.2 cm³/mol. The van der Waals surface area contributed by atoms with E-state index in [-0.39, 0.29) is 18.4 Å². The summed E-state index contributed by atoms with van der Waals surface area (Å²) in [7, 11) is 0. The minimum atomic E-state index is -0.524. The summed E-state index contributed by atoms with van der Waals surface area (Å²) in [4.78, 5) is 39.0. The second-order valence-corrected chi connectivity index (χ2v) is 5.11. The maximum Gasteiger partial charge on any atom is 0.325 e. The highest BCUT2D eigenvalue weighted by Gasteiger charge is 2.12. The average molecular weight is 267 g/mol. The molecule has 0 fully saturated rings. The van der Waals surface area contributed by atoms with Crippen molar-refractivity contribution in [1.82, 2.24) is 15.3 Å². The molecular weight excluding hydrogens is 246 g/mol. The van der Waals surface area contributed by atoms with Crippen LogP contribution >= 0.6 is 0 Å². The summed E-state index contributed by atoms with van der Waals surface area (Å²) in [5, 5.41) is 2.88. The van der Waals surface area contributed by atoms with E-state index in [0.29, 0.717) is 23.6 Å². The second kappa shape index (κ2) is 6.36. The number of H-pyrrole nitrogens is 2. The van der Waals surface area contributed by atoms with E-state index in [9.17, 15) is 14.4 Å². The number of hydrogen-bond donors (Lipinski definition) is 3. The lowest BCUT2D eigenvalue weighted by Crippen LogP contribution is -2.36. The first-order valence-electron chi connectivity index (χ1n) is 6.42. The van der Waals surface area contributed by atoms with Crippen molar-refractivity contribution in [3.63, 3.8) is 0 Å². The Kier molecular flexibility index (Phi) is 5.09. The van der Waals surface area contributed by atoms with Crippen LogP contribution in [0.25, 0.3) is 0 Å². The largest absolute Gasteiger partial charge is 0.353 e. The van der Waals surface area contributed by atoms with Gasteiger partial charge in [-0.15, -0.1) is 0 Å². The molecule has 1 atom stereocenters. The fourth-order valence-electron chi connectivity index (χ4n) is 1.66. The molecule has 1 rings (SSSR count). The Morgan fingerprint density at radius 1 is 1.21 bits per heavy atom. The smallest absolute Gasteiger partial charge is 0.325 e. The van der Waals surface area contributed by atoms with Gasteiger partial charge < -0.3 is 10.3 Å². The van der Waals surface area contributed by atoms with Gasteiger partial charge in [0.2, 0.25) is 5.91 Å². The summed E-state index contributed by atoms with van der Waals surface area (Å²) >= 11 is 0. The summed E-state index contributed by atoms with van der Waals surface area (Å²) in [6.45, 7) is 7.66. The molecule has 0 spiro atoms. The normalized spacial score (nSPS) is 12.5. The highest BCUT2D eigenvalue weighted by atomic mass is 16.2. The van der Waals surface area contributed by atoms with Gasteiger partial charge >= 0.3 is 5.69 Å². The zero-order valence-electron chi connectivity index (χ0n) is 11.8. The van der Waals surface area contributed by atoms with E-state index in [1.165, 1.54) is 0 Å². The second-order valence-electron chi connectivity index (χ2n) is 5.11. The van der Waals surface area contributed by atoms with Crippen LogP contribution in [0, 0.1) is 12.8 Å². The monoisotopic (exact) mass is 267 g/mol. The number of amides is 1. The third kappa shape index (κ3) is 4.39. The molecule has 0 aliphatic carbocycles. The first-order chi connectivity index (χ1) is 8.81. The third-order valence-electron chi connectivity index (χ3n) is 3.25. The van der Waals surface area contributed by atoms with Gasteiger partial charge in [0.15, 0.2) is 0 Å². The molecular formula is C13H21N3O3. The number of nitrogens with one attached hydrogen (secondary N) is 3. The zero-order valence-corrected chi connectivity index (χ0v) is 11.8. The van der Waals surface area contributed by atoms with Crippen LogP contribution in [0.1, 0.15) is 38.4 Å². The van der Waals surface area contributed by atoms with Crippen molar-refractivity contribution < 1.29 is 4.79 Å². The van der Waals surface area contributed by atoms with E-state index in [0.717, 1.165) is 0 Å². The van der Waals surface area contributed by atoms with Crippen LogP contribution in [-0.4, -0.2) is 21.9 Å². The quantitative estimate of drug-likeness (QED) is 0.723. The SMILES string of the molecule is Cc1[nH]c(=O)[nH]c(=O)c1CCC(=O)N[C@@H](C)C(C)C. The molecule has 3 N–H and O–H groups in total. The molecule has 1 heterocycles. The van der Waals surface area contributed by atoms with Crippen LogP contribution in [0.2, 0.25) is 0 Å². The molecule has 1 aromatic rings. The molecule has 1 amide bonds. The van der Waals surface area contributed by atoms with Crippen LogP contribution in [0.5, 0.6) is 0 Å². The van der Waals surface area contributed by atoms with Crippen molar-refractivity contribution in [2.24, 2.45) is 5.92 Å². The van der Waals surface area contributed by atoms with Gasteiger partial charge in [-0.1, -0.05) is 13.8 Å². The number of carbonyl (C=O) groups is 1. The van der Waals surface area contributed by atoms with E-state index in [1.807, 2.05) is 20.8 Å². The first-order valence-corrected chi connectivity index (χ1v) is 6.42. The van der Waals surface area contributed by atoms with Crippen molar-refractivity contribution in [2.75, 3.05) is 0 Å². The molecule has 0 radical (unpaired) electrons. The summed E-state index contributed by atoms with van der Waals surface area (Å²) in [6, 6.07) is 0.0995. The highest BCUT2D eigenvalue weighted by molar-refractivity contribution is 5.76. The molecule has 0 saturated carbocycles. The van der Waals surface area contributed by atoms with Gasteiger partial charge in [-0.3, -0.25) is 14.6 Å². The number of hydrogen-bond acceptors (Lipinski definition) is 3. The molecule has 0 aliphatic heterocycles. The number of aromatic amines is 2. The fourth-order valence-corrected chi connectivity index (χ4v) is 1.66.